The summed E-state index contributed by atoms with van der Waals surface area (Å²) in [4.78, 5) is 26.4. The van der Waals surface area contributed by atoms with Gasteiger partial charge in [0.2, 0.25) is 0 Å². The zero-order valence-corrected chi connectivity index (χ0v) is 17.3. The molecule has 6 nitrogen and oxygen atoms in total. The number of rotatable bonds is 6. The summed E-state index contributed by atoms with van der Waals surface area (Å²) in [5.41, 5.74) is 2.79. The highest BCUT2D eigenvalue weighted by atomic mass is 16.4. The first kappa shape index (κ1) is 22.9. The van der Waals surface area contributed by atoms with Gasteiger partial charge in [-0.15, -0.1) is 0 Å². The Morgan fingerprint density at radius 1 is 1.03 bits per heavy atom. The van der Waals surface area contributed by atoms with Gasteiger partial charge < -0.3 is 15.1 Å². The van der Waals surface area contributed by atoms with Crippen LogP contribution in [0.25, 0.3) is 0 Å². The molecule has 0 aromatic heterocycles. The van der Waals surface area contributed by atoms with Crippen LogP contribution in [0.15, 0.2) is 77.8 Å². The second kappa shape index (κ2) is 11.6. The summed E-state index contributed by atoms with van der Waals surface area (Å²) in [6.07, 6.45) is 3.18. The molecule has 1 fully saturated rings. The zero-order chi connectivity index (χ0) is 21.9. The van der Waals surface area contributed by atoms with E-state index in [2.05, 4.69) is 79.5 Å². The van der Waals surface area contributed by atoms with E-state index in [0.29, 0.717) is 24.1 Å². The topological polar surface area (TPSA) is 90.2 Å². The molecule has 158 valence electrons. The molecule has 2 aromatic rings. The van der Waals surface area contributed by atoms with E-state index in [1.165, 1.54) is 17.0 Å². The maximum atomic E-state index is 9.55. The van der Waals surface area contributed by atoms with E-state index >= 15 is 0 Å². The molecular formula is C24H28N2O4. The average Bonchev–Trinajstić information content (AvgIpc) is 3.08. The number of aliphatic imine (C=N–C) groups is 1. The van der Waals surface area contributed by atoms with Crippen molar-refractivity contribution in [3.8, 4) is 0 Å². The summed E-state index contributed by atoms with van der Waals surface area (Å²) >= 11 is 0. The fourth-order valence-corrected chi connectivity index (χ4v) is 3.37. The number of nitrogens with zero attached hydrogens (tertiary/aromatic N) is 2. The predicted molar refractivity (Wildman–Crippen MR) is 118 cm³/mol. The van der Waals surface area contributed by atoms with E-state index in [0.717, 1.165) is 19.4 Å². The average molecular weight is 408 g/mol. The lowest BCUT2D eigenvalue weighted by molar-refractivity contribution is -0.134. The molecule has 0 saturated carbocycles. The predicted octanol–water partition coefficient (Wildman–Crippen LogP) is 3.85. The van der Waals surface area contributed by atoms with Crippen LogP contribution in [0.1, 0.15) is 30.4 Å². The number of likely N-dealkylation sites (N-methyl/N-ethyl adjacent to an activating group) is 1. The number of carboxylic acids is 2. The molecule has 2 aromatic carbocycles. The van der Waals surface area contributed by atoms with Crippen molar-refractivity contribution in [1.82, 2.24) is 4.90 Å². The third-order valence-corrected chi connectivity index (χ3v) is 4.75. The lowest BCUT2D eigenvalue weighted by atomic mass is 9.98. The molecule has 0 aliphatic carbocycles. The van der Waals surface area contributed by atoms with Crippen LogP contribution in [0.2, 0.25) is 0 Å². The van der Waals surface area contributed by atoms with Crippen LogP contribution in [0.4, 0.5) is 0 Å². The van der Waals surface area contributed by atoms with Gasteiger partial charge in [-0.25, -0.2) is 9.59 Å². The van der Waals surface area contributed by atoms with Gasteiger partial charge in [-0.1, -0.05) is 60.7 Å². The standard InChI is InChI=1S/C20H24N2.C4H4O4/c1-16(13-17-9-5-3-6-10-17)21-20-14-19(15-22(20)2)18-11-7-4-8-12-18;5-3(6)1-2-4(7)8/h3-12,16,19H,13-15H2,1-2H3;1-2H,(H,5,6)(H,7,8)/b;2-1+. The van der Waals surface area contributed by atoms with Gasteiger partial charge in [-0.2, -0.15) is 0 Å². The monoisotopic (exact) mass is 408 g/mol. The second-order valence-corrected chi connectivity index (χ2v) is 7.29. The molecule has 1 aliphatic rings. The van der Waals surface area contributed by atoms with Crippen molar-refractivity contribution in [2.75, 3.05) is 13.6 Å². The van der Waals surface area contributed by atoms with Gasteiger partial charge in [0.1, 0.15) is 0 Å². The van der Waals surface area contributed by atoms with E-state index in [1.54, 1.807) is 0 Å². The summed E-state index contributed by atoms with van der Waals surface area (Å²) in [5, 5.41) is 15.6. The summed E-state index contributed by atoms with van der Waals surface area (Å²) in [7, 11) is 2.16. The minimum absolute atomic E-state index is 0.328. The molecule has 1 aliphatic heterocycles. The van der Waals surface area contributed by atoms with Crippen LogP contribution in [0.5, 0.6) is 0 Å². The molecule has 1 saturated heterocycles. The third-order valence-electron chi connectivity index (χ3n) is 4.75. The van der Waals surface area contributed by atoms with Gasteiger partial charge in [-0.3, -0.25) is 4.99 Å². The van der Waals surface area contributed by atoms with Gasteiger partial charge in [-0.05, 0) is 24.5 Å². The molecule has 1 heterocycles. The molecule has 3 rings (SSSR count). The Hall–Kier alpha value is -3.41. The van der Waals surface area contributed by atoms with Gasteiger partial charge in [0, 0.05) is 38.1 Å². The first-order valence-electron chi connectivity index (χ1n) is 9.85. The van der Waals surface area contributed by atoms with Crippen LogP contribution in [0, 0.1) is 0 Å². The SMILES string of the molecule is CC(Cc1ccccc1)N=C1CC(c2ccccc2)CN1C.O=C(O)/C=C/C(=O)O. The Bertz CT molecular complexity index is 863. The molecular weight excluding hydrogens is 380 g/mol. The molecule has 2 atom stereocenters. The third kappa shape index (κ3) is 7.91. The lowest BCUT2D eigenvalue weighted by Crippen LogP contribution is -2.21. The Morgan fingerprint density at radius 3 is 2.10 bits per heavy atom. The van der Waals surface area contributed by atoms with Crippen LogP contribution < -0.4 is 0 Å². The molecule has 2 unspecified atom stereocenters. The maximum Gasteiger partial charge on any atom is 0.328 e. The van der Waals surface area contributed by atoms with Gasteiger partial charge >= 0.3 is 11.9 Å². The van der Waals surface area contributed by atoms with Crippen LogP contribution in [0.3, 0.4) is 0 Å². The molecule has 30 heavy (non-hydrogen) atoms. The zero-order valence-electron chi connectivity index (χ0n) is 17.3. The van der Waals surface area contributed by atoms with Crippen LogP contribution >= 0.6 is 0 Å². The van der Waals surface area contributed by atoms with E-state index in [1.807, 2.05) is 0 Å². The first-order chi connectivity index (χ1) is 14.3. The van der Waals surface area contributed by atoms with Crippen molar-refractivity contribution in [3.05, 3.63) is 83.9 Å². The Kier molecular flexibility index (Phi) is 8.81. The quantitative estimate of drug-likeness (QED) is 0.709. The Labute approximate surface area is 177 Å². The van der Waals surface area contributed by atoms with Crippen molar-refractivity contribution in [2.45, 2.75) is 31.7 Å². The van der Waals surface area contributed by atoms with Crippen molar-refractivity contribution < 1.29 is 19.8 Å². The number of likely N-dealkylation sites (tertiary alicyclic amines) is 1. The number of amidine groups is 1. The Morgan fingerprint density at radius 2 is 1.57 bits per heavy atom. The van der Waals surface area contributed by atoms with Crippen molar-refractivity contribution in [1.29, 1.82) is 0 Å². The summed E-state index contributed by atoms with van der Waals surface area (Å²) in [5.74, 6) is -0.689. The molecule has 0 amide bonds. The Balaban J connectivity index is 0.000000343. The minimum atomic E-state index is -1.26. The highest BCUT2D eigenvalue weighted by Gasteiger charge is 2.26. The summed E-state index contributed by atoms with van der Waals surface area (Å²) < 4.78 is 0. The number of hydrogen-bond acceptors (Lipinski definition) is 3. The normalized spacial score (nSPS) is 18.1. The fourth-order valence-electron chi connectivity index (χ4n) is 3.37. The van der Waals surface area contributed by atoms with E-state index in [9.17, 15) is 9.59 Å². The fraction of sp³-hybridized carbons (Fsp3) is 0.292. The molecule has 6 heteroatoms. The van der Waals surface area contributed by atoms with Crippen molar-refractivity contribution in [2.24, 2.45) is 4.99 Å². The number of aliphatic carboxylic acids is 2. The van der Waals surface area contributed by atoms with Crippen LogP contribution in [-0.2, 0) is 16.0 Å². The molecule has 0 bridgehead atoms. The van der Waals surface area contributed by atoms with Crippen LogP contribution in [-0.4, -0.2) is 52.5 Å². The maximum absolute atomic E-state index is 9.55. The number of carbonyl (C=O) groups is 2. The van der Waals surface area contributed by atoms with E-state index in [4.69, 9.17) is 15.2 Å². The van der Waals surface area contributed by atoms with E-state index in [-0.39, 0.29) is 0 Å². The lowest BCUT2D eigenvalue weighted by Gasteiger charge is -2.14. The molecule has 0 spiro atoms. The first-order valence-corrected chi connectivity index (χ1v) is 9.85. The van der Waals surface area contributed by atoms with Gasteiger partial charge in [0.15, 0.2) is 0 Å². The number of benzene rings is 2. The second-order valence-electron chi connectivity index (χ2n) is 7.29. The highest BCUT2D eigenvalue weighted by Crippen LogP contribution is 2.28. The largest absolute Gasteiger partial charge is 0.478 e. The van der Waals surface area contributed by atoms with E-state index < -0.39 is 11.9 Å². The minimum Gasteiger partial charge on any atom is -0.478 e. The van der Waals surface area contributed by atoms with Gasteiger partial charge in [0.25, 0.3) is 0 Å². The van der Waals surface area contributed by atoms with Crippen molar-refractivity contribution in [3.63, 3.8) is 0 Å². The molecule has 2 N–H and O–H groups in total. The van der Waals surface area contributed by atoms with Gasteiger partial charge in [0.05, 0.1) is 11.9 Å². The summed E-state index contributed by atoms with van der Waals surface area (Å²) in [6, 6.07) is 21.8. The number of carboxylic acid groups (broad SMARTS) is 2. The van der Waals surface area contributed by atoms with Crippen molar-refractivity contribution >= 4 is 17.8 Å². The smallest absolute Gasteiger partial charge is 0.328 e. The molecule has 0 radical (unpaired) electrons. The summed E-state index contributed by atoms with van der Waals surface area (Å²) in [6.45, 7) is 3.28. The highest BCUT2D eigenvalue weighted by molar-refractivity contribution is 5.89. The number of hydrogen-bond donors (Lipinski definition) is 2.